The number of nitrogens with two attached hydrogens (primary N) is 1. The monoisotopic (exact) mass is 410 g/mol. The van der Waals surface area contributed by atoms with Crippen LogP contribution in [-0.2, 0) is 20.0 Å². The summed E-state index contributed by atoms with van der Waals surface area (Å²) in [4.78, 5) is 8.33. The van der Waals surface area contributed by atoms with Gasteiger partial charge in [0.05, 0.1) is 17.9 Å². The van der Waals surface area contributed by atoms with Crippen LogP contribution < -0.4 is 16.4 Å². The predicted octanol–water partition coefficient (Wildman–Crippen LogP) is 0.892. The van der Waals surface area contributed by atoms with Gasteiger partial charge < -0.3 is 16.4 Å². The second-order valence-electron chi connectivity index (χ2n) is 6.46. The minimum atomic E-state index is -0.350. The van der Waals surface area contributed by atoms with Crippen molar-refractivity contribution in [3.8, 4) is 11.8 Å². The summed E-state index contributed by atoms with van der Waals surface area (Å²) in [7, 11) is 3.51. The molecule has 3 rings (SSSR count). The van der Waals surface area contributed by atoms with Crippen molar-refractivity contribution in [2.75, 3.05) is 19.3 Å². The Morgan fingerprint density at radius 2 is 2.07 bits per heavy atom. The molecule has 11 heteroatoms. The molecule has 0 aliphatic heterocycles. The molecule has 0 saturated carbocycles. The summed E-state index contributed by atoms with van der Waals surface area (Å²) in [5.74, 6) is 1.32. The topological polar surface area (TPSA) is 135 Å². The van der Waals surface area contributed by atoms with Crippen LogP contribution in [0.5, 0.6) is 0 Å². The first-order valence-electron chi connectivity index (χ1n) is 9.34. The summed E-state index contributed by atoms with van der Waals surface area (Å²) in [5, 5.41) is 24.3. The average Bonchev–Trinajstić information content (AvgIpc) is 3.30. The molecule has 1 aromatic carbocycles. The molecule has 0 aliphatic rings. The van der Waals surface area contributed by atoms with Crippen molar-refractivity contribution < 1.29 is 4.39 Å². The highest BCUT2D eigenvalue weighted by Crippen LogP contribution is 2.21. The van der Waals surface area contributed by atoms with Crippen molar-refractivity contribution >= 4 is 11.8 Å². The summed E-state index contributed by atoms with van der Waals surface area (Å²) >= 11 is 0. The third-order valence-corrected chi connectivity index (χ3v) is 4.50. The Kier molecular flexibility index (Phi) is 6.59. The molecule has 0 bridgehead atoms. The van der Waals surface area contributed by atoms with Crippen LogP contribution >= 0.6 is 0 Å². The van der Waals surface area contributed by atoms with Gasteiger partial charge in [-0.1, -0.05) is 0 Å². The van der Waals surface area contributed by atoms with Crippen LogP contribution in [0.15, 0.2) is 35.6 Å². The maximum atomic E-state index is 13.2. The Balaban J connectivity index is 1.56. The molecular weight excluding hydrogens is 387 g/mol. The molecular formula is C19H23FN10. The molecule has 156 valence electrons. The van der Waals surface area contributed by atoms with Crippen LogP contribution in [0.1, 0.15) is 23.5 Å². The number of nitrogen functional groups attached to an aromatic ring is 1. The number of aliphatic imine (C=N–C) groups is 1. The average molecular weight is 410 g/mol. The molecule has 2 heterocycles. The zero-order valence-electron chi connectivity index (χ0n) is 16.8. The van der Waals surface area contributed by atoms with E-state index in [1.807, 2.05) is 7.05 Å². The van der Waals surface area contributed by atoms with E-state index in [0.717, 1.165) is 5.82 Å². The zero-order valence-corrected chi connectivity index (χ0v) is 16.8. The van der Waals surface area contributed by atoms with Gasteiger partial charge in [-0.2, -0.15) is 15.5 Å². The number of benzene rings is 1. The van der Waals surface area contributed by atoms with Gasteiger partial charge in [0, 0.05) is 20.6 Å². The standard InChI is InChI=1S/C19H23FN10/c1-23-19(25-11-17-26-12-27-29(17)2)24-9-3-4-16-15(10-21)18(22)30(28-16)14-7-5-13(20)6-8-14/h5-8,12H,3-4,9,11,22H2,1-2H3,(H2,23,24,25). The highest BCUT2D eigenvalue weighted by Gasteiger charge is 2.16. The first-order valence-corrected chi connectivity index (χ1v) is 9.34. The van der Waals surface area contributed by atoms with Gasteiger partial charge in [0.15, 0.2) is 5.96 Å². The summed E-state index contributed by atoms with van der Waals surface area (Å²) in [6.45, 7) is 1.11. The molecule has 10 nitrogen and oxygen atoms in total. The van der Waals surface area contributed by atoms with Gasteiger partial charge in [-0.25, -0.2) is 14.1 Å². The SMILES string of the molecule is CN=C(NCCCc1nn(-c2ccc(F)cc2)c(N)c1C#N)NCc1ncnn1C. The van der Waals surface area contributed by atoms with Gasteiger partial charge in [0.25, 0.3) is 0 Å². The van der Waals surface area contributed by atoms with Crippen LogP contribution in [0.4, 0.5) is 10.2 Å². The van der Waals surface area contributed by atoms with Crippen molar-refractivity contribution in [1.82, 2.24) is 35.2 Å². The number of aromatic nitrogens is 5. The van der Waals surface area contributed by atoms with E-state index in [-0.39, 0.29) is 11.6 Å². The van der Waals surface area contributed by atoms with E-state index in [1.54, 1.807) is 23.9 Å². The molecule has 0 unspecified atom stereocenters. The van der Waals surface area contributed by atoms with Crippen molar-refractivity contribution in [2.24, 2.45) is 12.0 Å². The Morgan fingerprint density at radius 1 is 1.30 bits per heavy atom. The number of nitrogens with one attached hydrogen (secondary N) is 2. The van der Waals surface area contributed by atoms with Gasteiger partial charge in [-0.3, -0.25) is 9.67 Å². The van der Waals surface area contributed by atoms with Crippen LogP contribution in [0.25, 0.3) is 5.69 Å². The largest absolute Gasteiger partial charge is 0.382 e. The molecule has 0 aliphatic carbocycles. The fraction of sp³-hybridized carbons (Fsp3) is 0.316. The van der Waals surface area contributed by atoms with E-state index in [0.29, 0.717) is 48.8 Å². The maximum Gasteiger partial charge on any atom is 0.191 e. The molecule has 0 radical (unpaired) electrons. The fourth-order valence-corrected chi connectivity index (χ4v) is 2.88. The van der Waals surface area contributed by atoms with Crippen molar-refractivity contribution in [3.05, 3.63) is 53.5 Å². The van der Waals surface area contributed by atoms with Gasteiger partial charge in [0.1, 0.15) is 35.4 Å². The minimum Gasteiger partial charge on any atom is -0.382 e. The molecule has 30 heavy (non-hydrogen) atoms. The van der Waals surface area contributed by atoms with Crippen LogP contribution in [0.3, 0.4) is 0 Å². The van der Waals surface area contributed by atoms with E-state index in [4.69, 9.17) is 5.73 Å². The lowest BCUT2D eigenvalue weighted by Gasteiger charge is -2.11. The Hall–Kier alpha value is -3.94. The summed E-state index contributed by atoms with van der Waals surface area (Å²) in [5.41, 5.74) is 7.62. The van der Waals surface area contributed by atoms with E-state index in [2.05, 4.69) is 36.9 Å². The third-order valence-electron chi connectivity index (χ3n) is 4.50. The fourth-order valence-electron chi connectivity index (χ4n) is 2.88. The van der Waals surface area contributed by atoms with Gasteiger partial charge in [0.2, 0.25) is 0 Å². The lowest BCUT2D eigenvalue weighted by atomic mass is 10.1. The number of aryl methyl sites for hydroxylation is 2. The number of hydrogen-bond donors (Lipinski definition) is 3. The van der Waals surface area contributed by atoms with Gasteiger partial charge in [-0.15, -0.1) is 0 Å². The first kappa shape index (κ1) is 20.8. The normalized spacial score (nSPS) is 11.3. The Morgan fingerprint density at radius 3 is 2.70 bits per heavy atom. The number of nitriles is 1. The second-order valence-corrected chi connectivity index (χ2v) is 6.46. The Labute approximate surface area is 173 Å². The third kappa shape index (κ3) is 4.72. The first-order chi connectivity index (χ1) is 14.5. The maximum absolute atomic E-state index is 13.2. The smallest absolute Gasteiger partial charge is 0.191 e. The summed E-state index contributed by atoms with van der Waals surface area (Å²) in [6, 6.07) is 7.90. The van der Waals surface area contributed by atoms with Crippen molar-refractivity contribution in [3.63, 3.8) is 0 Å². The lowest BCUT2D eigenvalue weighted by Crippen LogP contribution is -2.38. The second kappa shape index (κ2) is 9.51. The minimum absolute atomic E-state index is 0.244. The van der Waals surface area contributed by atoms with Crippen molar-refractivity contribution in [1.29, 1.82) is 5.26 Å². The van der Waals surface area contributed by atoms with Crippen LogP contribution in [0, 0.1) is 17.1 Å². The van der Waals surface area contributed by atoms with E-state index < -0.39 is 0 Å². The van der Waals surface area contributed by atoms with E-state index in [1.165, 1.54) is 23.1 Å². The molecule has 3 aromatic rings. The molecule has 0 amide bonds. The summed E-state index contributed by atoms with van der Waals surface area (Å²) < 4.78 is 16.3. The number of nitrogens with zero attached hydrogens (tertiary/aromatic N) is 7. The number of hydrogen-bond acceptors (Lipinski definition) is 6. The highest BCUT2D eigenvalue weighted by molar-refractivity contribution is 5.79. The number of halogens is 1. The zero-order chi connectivity index (χ0) is 21.5. The molecule has 2 aromatic heterocycles. The summed E-state index contributed by atoms with van der Waals surface area (Å²) in [6.07, 6.45) is 2.75. The van der Waals surface area contributed by atoms with E-state index in [9.17, 15) is 9.65 Å². The van der Waals surface area contributed by atoms with Gasteiger partial charge in [-0.05, 0) is 37.1 Å². The molecule has 0 fully saturated rings. The number of rotatable bonds is 7. The van der Waals surface area contributed by atoms with Crippen LogP contribution in [0.2, 0.25) is 0 Å². The van der Waals surface area contributed by atoms with E-state index >= 15 is 0 Å². The molecule has 0 saturated heterocycles. The van der Waals surface area contributed by atoms with Gasteiger partial charge >= 0.3 is 0 Å². The Bertz CT molecular complexity index is 1060. The molecule has 0 spiro atoms. The van der Waals surface area contributed by atoms with Crippen molar-refractivity contribution in [2.45, 2.75) is 19.4 Å². The highest BCUT2D eigenvalue weighted by atomic mass is 19.1. The number of anilines is 1. The predicted molar refractivity (Wildman–Crippen MR) is 110 cm³/mol. The molecule has 0 atom stereocenters. The van der Waals surface area contributed by atoms with Crippen LogP contribution in [-0.4, -0.2) is 44.1 Å². The number of guanidine groups is 1. The quantitative estimate of drug-likeness (QED) is 0.299. The molecule has 4 N–H and O–H groups in total. The lowest BCUT2D eigenvalue weighted by molar-refractivity contribution is 0.627.